The van der Waals surface area contributed by atoms with Gasteiger partial charge in [-0.25, -0.2) is 4.98 Å². The van der Waals surface area contributed by atoms with Crippen molar-refractivity contribution >= 4 is 23.6 Å². The predicted octanol–water partition coefficient (Wildman–Crippen LogP) is -0.112. The van der Waals surface area contributed by atoms with Crippen molar-refractivity contribution in [3.05, 3.63) is 78.1 Å². The molecule has 12 nitrogen and oxygen atoms in total. The largest absolute Gasteiger partial charge is 0.491 e. The van der Waals surface area contributed by atoms with Gasteiger partial charge in [-0.15, -0.1) is 0 Å². The number of nitrogens with zero attached hydrogens (tertiary/aromatic N) is 2. The maximum atomic E-state index is 13.1. The summed E-state index contributed by atoms with van der Waals surface area (Å²) in [4.78, 5) is 63.2. The third-order valence-corrected chi connectivity index (χ3v) is 5.84. The standard InChI is InChI=1S/C26H29N7O5/c34-23-14-21(26(37)29-10-8-17-5-3-4-9-28-17)33-24(35)19-6-1-2-7-22(19)38-12-11-30-25(36)20(32-23)13-18-15-27-16-31-18/h1-7,9,15-16,20-21H,8,10-14H2,(H,27,31)(H,29,37)(H,30,36)(H,32,34)(H,33,35)/t20-,21-/m0/s1. The molecule has 38 heavy (non-hydrogen) atoms. The van der Waals surface area contributed by atoms with Gasteiger partial charge in [-0.05, 0) is 24.3 Å². The molecule has 3 heterocycles. The number of pyridine rings is 1. The highest BCUT2D eigenvalue weighted by molar-refractivity contribution is 6.01. The molecule has 4 amide bonds. The van der Waals surface area contributed by atoms with Crippen LogP contribution in [0.25, 0.3) is 0 Å². The molecule has 4 rings (SSSR count). The Labute approximate surface area is 219 Å². The van der Waals surface area contributed by atoms with Crippen LogP contribution < -0.4 is 26.0 Å². The van der Waals surface area contributed by atoms with Gasteiger partial charge in [-0.3, -0.25) is 24.2 Å². The molecular formula is C26H29N7O5. The van der Waals surface area contributed by atoms with Crippen LogP contribution in [0.15, 0.2) is 61.2 Å². The van der Waals surface area contributed by atoms with Gasteiger partial charge < -0.3 is 31.0 Å². The molecule has 5 N–H and O–H groups in total. The van der Waals surface area contributed by atoms with Crippen LogP contribution in [0.3, 0.4) is 0 Å². The molecule has 0 unspecified atom stereocenters. The Morgan fingerprint density at radius 2 is 1.92 bits per heavy atom. The molecule has 0 fully saturated rings. The normalized spacial score (nSPS) is 18.6. The van der Waals surface area contributed by atoms with Crippen LogP contribution in [-0.2, 0) is 27.2 Å². The van der Waals surface area contributed by atoms with Crippen LogP contribution in [0.2, 0.25) is 0 Å². The van der Waals surface area contributed by atoms with E-state index in [4.69, 9.17) is 4.74 Å². The van der Waals surface area contributed by atoms with Crippen molar-refractivity contribution in [2.24, 2.45) is 0 Å². The highest BCUT2D eigenvalue weighted by Crippen LogP contribution is 2.18. The summed E-state index contributed by atoms with van der Waals surface area (Å²) >= 11 is 0. The second-order valence-corrected chi connectivity index (χ2v) is 8.63. The van der Waals surface area contributed by atoms with Gasteiger partial charge >= 0.3 is 0 Å². The predicted molar refractivity (Wildman–Crippen MR) is 136 cm³/mol. The number of imidazole rings is 1. The SMILES string of the molecule is O=C1C[C@@H](C(=O)NCCc2ccccn2)NC(=O)c2ccccc2OCCNC(=O)[C@H](Cc2cnc[nH]2)N1. The average Bonchev–Trinajstić information content (AvgIpc) is 3.43. The van der Waals surface area contributed by atoms with E-state index in [-0.39, 0.29) is 38.1 Å². The minimum Gasteiger partial charge on any atom is -0.491 e. The maximum Gasteiger partial charge on any atom is 0.255 e. The zero-order valence-electron chi connectivity index (χ0n) is 20.6. The van der Waals surface area contributed by atoms with Crippen LogP contribution in [0.1, 0.15) is 28.2 Å². The number of hydrogen-bond donors (Lipinski definition) is 5. The number of fused-ring (bicyclic) bond motifs is 1. The molecule has 0 aliphatic carbocycles. The molecule has 1 aromatic carbocycles. The van der Waals surface area contributed by atoms with E-state index in [0.717, 1.165) is 5.69 Å². The molecule has 0 bridgehead atoms. The summed E-state index contributed by atoms with van der Waals surface area (Å²) in [7, 11) is 0. The van der Waals surface area contributed by atoms with Crippen LogP contribution in [0.4, 0.5) is 0 Å². The first-order valence-electron chi connectivity index (χ1n) is 12.2. The Morgan fingerprint density at radius 3 is 2.71 bits per heavy atom. The molecule has 12 heteroatoms. The fourth-order valence-corrected chi connectivity index (χ4v) is 3.93. The zero-order chi connectivity index (χ0) is 26.7. The summed E-state index contributed by atoms with van der Waals surface area (Å²) in [6.45, 7) is 0.512. The Hall–Kier alpha value is -4.74. The first-order chi connectivity index (χ1) is 18.5. The molecule has 198 valence electrons. The lowest BCUT2D eigenvalue weighted by Crippen LogP contribution is -2.53. The third kappa shape index (κ3) is 7.38. The van der Waals surface area contributed by atoms with E-state index in [2.05, 4.69) is 36.2 Å². The molecule has 0 spiro atoms. The number of nitrogens with one attached hydrogen (secondary N) is 5. The smallest absolute Gasteiger partial charge is 0.255 e. The molecule has 1 aliphatic rings. The third-order valence-electron chi connectivity index (χ3n) is 5.84. The first kappa shape index (κ1) is 26.3. The topological polar surface area (TPSA) is 167 Å². The molecule has 3 aromatic rings. The maximum absolute atomic E-state index is 13.1. The van der Waals surface area contributed by atoms with E-state index in [1.165, 1.54) is 6.33 Å². The lowest BCUT2D eigenvalue weighted by Gasteiger charge is -2.23. The van der Waals surface area contributed by atoms with Gasteiger partial charge in [0.15, 0.2) is 0 Å². The Balaban J connectivity index is 1.52. The lowest BCUT2D eigenvalue weighted by atomic mass is 10.1. The molecule has 2 aromatic heterocycles. The van der Waals surface area contributed by atoms with E-state index < -0.39 is 35.7 Å². The van der Waals surface area contributed by atoms with E-state index in [0.29, 0.717) is 17.9 Å². The minimum absolute atomic E-state index is 0.0954. The van der Waals surface area contributed by atoms with Crippen molar-refractivity contribution in [3.63, 3.8) is 0 Å². The van der Waals surface area contributed by atoms with Gasteiger partial charge in [0, 0.05) is 43.2 Å². The fourth-order valence-electron chi connectivity index (χ4n) is 3.93. The Bertz CT molecular complexity index is 1250. The van der Waals surface area contributed by atoms with Crippen molar-refractivity contribution in [1.82, 2.24) is 36.2 Å². The number of benzene rings is 1. The molecule has 0 saturated carbocycles. The molecule has 0 saturated heterocycles. The summed E-state index contributed by atoms with van der Waals surface area (Å²) in [5.41, 5.74) is 1.65. The van der Waals surface area contributed by atoms with E-state index in [1.54, 1.807) is 42.7 Å². The van der Waals surface area contributed by atoms with Gasteiger partial charge in [0.2, 0.25) is 17.7 Å². The van der Waals surface area contributed by atoms with Crippen molar-refractivity contribution in [1.29, 1.82) is 0 Å². The minimum atomic E-state index is -1.20. The number of aromatic amines is 1. The highest BCUT2D eigenvalue weighted by atomic mass is 16.5. The van der Waals surface area contributed by atoms with E-state index in [1.807, 2.05) is 12.1 Å². The van der Waals surface area contributed by atoms with Gasteiger partial charge in [-0.2, -0.15) is 0 Å². The zero-order valence-corrected chi connectivity index (χ0v) is 20.6. The fraction of sp³-hybridized carbons (Fsp3) is 0.308. The highest BCUT2D eigenvalue weighted by Gasteiger charge is 2.29. The molecular weight excluding hydrogens is 490 g/mol. The van der Waals surface area contributed by atoms with Crippen LogP contribution in [0, 0.1) is 0 Å². The monoisotopic (exact) mass is 519 g/mol. The number of para-hydroxylation sites is 1. The van der Waals surface area contributed by atoms with E-state index in [9.17, 15) is 19.2 Å². The second-order valence-electron chi connectivity index (χ2n) is 8.63. The summed E-state index contributed by atoms with van der Waals surface area (Å²) in [5.74, 6) is -1.79. The quantitative estimate of drug-likeness (QED) is 0.303. The van der Waals surface area contributed by atoms with Crippen molar-refractivity contribution < 1.29 is 23.9 Å². The van der Waals surface area contributed by atoms with Crippen molar-refractivity contribution in [3.8, 4) is 5.75 Å². The van der Waals surface area contributed by atoms with Crippen LogP contribution in [-0.4, -0.2) is 70.4 Å². The Kier molecular flexibility index (Phi) is 9.00. The number of H-pyrrole nitrogens is 1. The molecule has 2 atom stereocenters. The molecule has 1 aliphatic heterocycles. The first-order valence-corrected chi connectivity index (χ1v) is 12.2. The van der Waals surface area contributed by atoms with Crippen molar-refractivity contribution in [2.75, 3.05) is 19.7 Å². The lowest BCUT2D eigenvalue weighted by molar-refractivity contribution is -0.131. The summed E-state index contributed by atoms with van der Waals surface area (Å²) in [6.07, 6.45) is 4.95. The number of ether oxygens (including phenoxy) is 1. The summed E-state index contributed by atoms with van der Waals surface area (Å²) in [6, 6.07) is 9.92. The van der Waals surface area contributed by atoms with Crippen LogP contribution in [0.5, 0.6) is 5.75 Å². The van der Waals surface area contributed by atoms with Gasteiger partial charge in [0.05, 0.1) is 24.9 Å². The van der Waals surface area contributed by atoms with Gasteiger partial charge in [0.1, 0.15) is 24.4 Å². The summed E-state index contributed by atoms with van der Waals surface area (Å²) in [5, 5.41) is 10.8. The molecule has 0 radical (unpaired) electrons. The number of hydrogen-bond acceptors (Lipinski definition) is 7. The van der Waals surface area contributed by atoms with Crippen molar-refractivity contribution in [2.45, 2.75) is 31.3 Å². The number of carbonyl (C=O) groups excluding carboxylic acids is 4. The van der Waals surface area contributed by atoms with Gasteiger partial charge in [-0.1, -0.05) is 18.2 Å². The Morgan fingerprint density at radius 1 is 1.08 bits per heavy atom. The number of amides is 4. The van der Waals surface area contributed by atoms with E-state index >= 15 is 0 Å². The number of carbonyl (C=O) groups is 4. The number of aromatic nitrogens is 3. The van der Waals surface area contributed by atoms with Crippen LogP contribution >= 0.6 is 0 Å². The average molecular weight is 520 g/mol. The van der Waals surface area contributed by atoms with Gasteiger partial charge in [0.25, 0.3) is 5.91 Å². The second kappa shape index (κ2) is 13.0. The summed E-state index contributed by atoms with van der Waals surface area (Å²) < 4.78 is 5.74. The number of rotatable bonds is 6.